The van der Waals surface area contributed by atoms with Crippen LogP contribution in [0.15, 0.2) is 52.9 Å². The van der Waals surface area contributed by atoms with Crippen molar-refractivity contribution < 1.29 is 18.7 Å². The number of hydrogen-bond donors (Lipinski definition) is 1. The topological polar surface area (TPSA) is 74.2 Å². The minimum absolute atomic E-state index is 0.180. The number of halogens is 2. The van der Waals surface area contributed by atoms with Crippen LogP contribution in [0.1, 0.15) is 16.1 Å². The third-order valence-electron chi connectivity index (χ3n) is 3.37. The zero-order chi connectivity index (χ0) is 17.3. The van der Waals surface area contributed by atoms with E-state index in [9.17, 15) is 14.3 Å². The molecule has 118 valence electrons. The van der Waals surface area contributed by atoms with Gasteiger partial charge in [0.2, 0.25) is 5.76 Å². The van der Waals surface area contributed by atoms with Crippen LogP contribution in [0.4, 0.5) is 4.39 Å². The van der Waals surface area contributed by atoms with Crippen LogP contribution < -0.4 is 0 Å². The molecular weight excluding hydrogens is 333 g/mol. The van der Waals surface area contributed by atoms with Crippen molar-refractivity contribution in [3.05, 3.63) is 70.7 Å². The minimum atomic E-state index is -1.25. The normalized spacial score (nSPS) is 10.4. The standard InChI is InChI=1S/C18H9ClFNO3/c19-13-5-12(6-14(20)7-13)15-8-16(18(22)23)24-17(15)11-3-1-2-10(4-11)9-21/h1-8H,(H,22,23). The molecule has 1 aromatic heterocycles. The first kappa shape index (κ1) is 15.8. The van der Waals surface area contributed by atoms with Gasteiger partial charge < -0.3 is 9.52 Å². The number of hydrogen-bond acceptors (Lipinski definition) is 3. The van der Waals surface area contributed by atoms with Crippen LogP contribution in [0.5, 0.6) is 0 Å². The van der Waals surface area contributed by atoms with E-state index >= 15 is 0 Å². The number of nitrogens with zero attached hydrogens (tertiary/aromatic N) is 1. The van der Waals surface area contributed by atoms with Gasteiger partial charge in [-0.3, -0.25) is 0 Å². The summed E-state index contributed by atoms with van der Waals surface area (Å²) in [6.45, 7) is 0. The average Bonchev–Trinajstić information content (AvgIpc) is 2.99. The third-order valence-corrected chi connectivity index (χ3v) is 3.59. The maximum Gasteiger partial charge on any atom is 0.371 e. The fourth-order valence-electron chi connectivity index (χ4n) is 2.36. The second-order valence-corrected chi connectivity index (χ2v) is 5.45. The number of benzene rings is 2. The van der Waals surface area contributed by atoms with E-state index in [4.69, 9.17) is 21.3 Å². The Morgan fingerprint density at radius 2 is 1.96 bits per heavy atom. The smallest absolute Gasteiger partial charge is 0.371 e. The molecule has 0 aliphatic rings. The Bertz CT molecular complexity index is 968. The lowest BCUT2D eigenvalue weighted by molar-refractivity contribution is 0.0663. The highest BCUT2D eigenvalue weighted by molar-refractivity contribution is 6.30. The molecule has 0 saturated heterocycles. The van der Waals surface area contributed by atoms with Crippen LogP contribution in [0.25, 0.3) is 22.5 Å². The van der Waals surface area contributed by atoms with E-state index < -0.39 is 11.8 Å². The Labute approximate surface area is 141 Å². The Hall–Kier alpha value is -3.10. The van der Waals surface area contributed by atoms with Crippen molar-refractivity contribution in [3.63, 3.8) is 0 Å². The van der Waals surface area contributed by atoms with E-state index in [1.807, 2.05) is 6.07 Å². The first-order valence-corrected chi connectivity index (χ1v) is 7.20. The molecule has 0 radical (unpaired) electrons. The van der Waals surface area contributed by atoms with Gasteiger partial charge in [-0.2, -0.15) is 5.26 Å². The quantitative estimate of drug-likeness (QED) is 0.729. The van der Waals surface area contributed by atoms with Crippen molar-refractivity contribution in [2.45, 2.75) is 0 Å². The van der Waals surface area contributed by atoms with Crippen LogP contribution >= 0.6 is 11.6 Å². The fourth-order valence-corrected chi connectivity index (χ4v) is 2.59. The van der Waals surface area contributed by atoms with Gasteiger partial charge in [0.15, 0.2) is 0 Å². The first-order chi connectivity index (χ1) is 11.5. The summed E-state index contributed by atoms with van der Waals surface area (Å²) in [7, 11) is 0. The Morgan fingerprint density at radius 1 is 1.17 bits per heavy atom. The molecule has 3 aromatic rings. The van der Waals surface area contributed by atoms with E-state index in [0.717, 1.165) is 6.07 Å². The molecule has 0 aliphatic heterocycles. The molecule has 1 heterocycles. The highest BCUT2D eigenvalue weighted by atomic mass is 35.5. The van der Waals surface area contributed by atoms with Crippen LogP contribution in [0.2, 0.25) is 5.02 Å². The van der Waals surface area contributed by atoms with Crippen molar-refractivity contribution >= 4 is 17.6 Å². The monoisotopic (exact) mass is 341 g/mol. The molecule has 0 unspecified atom stereocenters. The van der Waals surface area contributed by atoms with Gasteiger partial charge in [-0.1, -0.05) is 23.7 Å². The van der Waals surface area contributed by atoms with Crippen molar-refractivity contribution in [3.8, 4) is 28.5 Å². The molecule has 0 aliphatic carbocycles. The molecular formula is C18H9ClFNO3. The van der Waals surface area contributed by atoms with Gasteiger partial charge in [0, 0.05) is 16.1 Å². The second kappa shape index (κ2) is 6.19. The van der Waals surface area contributed by atoms with Crippen molar-refractivity contribution in [2.75, 3.05) is 0 Å². The average molecular weight is 342 g/mol. The molecule has 4 nitrogen and oxygen atoms in total. The Morgan fingerprint density at radius 3 is 2.62 bits per heavy atom. The SMILES string of the molecule is N#Cc1cccc(-c2oc(C(=O)O)cc2-c2cc(F)cc(Cl)c2)c1. The van der Waals surface area contributed by atoms with Gasteiger partial charge in [-0.05, 0) is 42.0 Å². The number of furan rings is 1. The fraction of sp³-hybridized carbons (Fsp3) is 0. The third kappa shape index (κ3) is 3.00. The molecule has 0 amide bonds. The van der Waals surface area contributed by atoms with Gasteiger partial charge in [0.05, 0.1) is 11.6 Å². The molecule has 6 heteroatoms. The first-order valence-electron chi connectivity index (χ1n) is 6.82. The number of rotatable bonds is 3. The summed E-state index contributed by atoms with van der Waals surface area (Å²) in [5.41, 5.74) is 1.67. The summed E-state index contributed by atoms with van der Waals surface area (Å²) < 4.78 is 19.1. The van der Waals surface area contributed by atoms with Gasteiger partial charge in [-0.25, -0.2) is 9.18 Å². The van der Waals surface area contributed by atoms with Crippen LogP contribution in [0, 0.1) is 17.1 Å². The molecule has 3 rings (SSSR count). The number of carboxylic acids is 1. The number of aromatic carboxylic acids is 1. The zero-order valence-corrected chi connectivity index (χ0v) is 12.8. The van der Waals surface area contributed by atoms with E-state index in [-0.39, 0.29) is 16.5 Å². The van der Waals surface area contributed by atoms with Crippen LogP contribution in [0.3, 0.4) is 0 Å². The van der Waals surface area contributed by atoms with Crippen molar-refractivity contribution in [1.29, 1.82) is 5.26 Å². The Kier molecular flexibility index (Phi) is 4.07. The summed E-state index contributed by atoms with van der Waals surface area (Å²) in [6.07, 6.45) is 0. The highest BCUT2D eigenvalue weighted by Crippen LogP contribution is 2.36. The molecule has 0 saturated carbocycles. The molecule has 0 spiro atoms. The summed E-state index contributed by atoms with van der Waals surface area (Å²) in [4.78, 5) is 11.2. The van der Waals surface area contributed by atoms with Crippen molar-refractivity contribution in [1.82, 2.24) is 0 Å². The predicted molar refractivity (Wildman–Crippen MR) is 86.2 cm³/mol. The van der Waals surface area contributed by atoms with E-state index in [0.29, 0.717) is 22.3 Å². The zero-order valence-electron chi connectivity index (χ0n) is 12.1. The van der Waals surface area contributed by atoms with E-state index in [1.165, 1.54) is 18.2 Å². The Balaban J connectivity index is 2.25. The summed E-state index contributed by atoms with van der Waals surface area (Å²) in [5, 5.41) is 18.4. The molecule has 0 atom stereocenters. The predicted octanol–water partition coefficient (Wildman–Crippen LogP) is 4.98. The molecule has 1 N–H and O–H groups in total. The van der Waals surface area contributed by atoms with Gasteiger partial charge in [0.1, 0.15) is 11.6 Å². The highest BCUT2D eigenvalue weighted by Gasteiger charge is 2.19. The minimum Gasteiger partial charge on any atom is -0.475 e. The lowest BCUT2D eigenvalue weighted by atomic mass is 10.0. The summed E-state index contributed by atoms with van der Waals surface area (Å²) in [6, 6.07) is 13.7. The molecule has 0 fully saturated rings. The van der Waals surface area contributed by atoms with Crippen LogP contribution in [-0.2, 0) is 0 Å². The lowest BCUT2D eigenvalue weighted by Gasteiger charge is -2.04. The molecule has 2 aromatic carbocycles. The molecule has 0 bridgehead atoms. The lowest BCUT2D eigenvalue weighted by Crippen LogP contribution is -1.91. The number of carboxylic acid groups (broad SMARTS) is 1. The second-order valence-electron chi connectivity index (χ2n) is 5.01. The maximum absolute atomic E-state index is 13.7. The van der Waals surface area contributed by atoms with Crippen LogP contribution in [-0.4, -0.2) is 11.1 Å². The maximum atomic E-state index is 13.7. The molecule has 24 heavy (non-hydrogen) atoms. The largest absolute Gasteiger partial charge is 0.475 e. The number of carbonyl (C=O) groups is 1. The van der Waals surface area contributed by atoms with Crippen molar-refractivity contribution in [2.24, 2.45) is 0 Å². The van der Waals surface area contributed by atoms with Gasteiger partial charge in [0.25, 0.3) is 0 Å². The van der Waals surface area contributed by atoms with Gasteiger partial charge in [-0.15, -0.1) is 0 Å². The summed E-state index contributed by atoms with van der Waals surface area (Å²) in [5.74, 6) is -1.86. The van der Waals surface area contributed by atoms with Gasteiger partial charge >= 0.3 is 5.97 Å². The van der Waals surface area contributed by atoms with E-state index in [1.54, 1.807) is 24.3 Å². The number of nitriles is 1. The summed E-state index contributed by atoms with van der Waals surface area (Å²) >= 11 is 5.89. The van der Waals surface area contributed by atoms with E-state index in [2.05, 4.69) is 0 Å².